The highest BCUT2D eigenvalue weighted by Gasteiger charge is 2.07. The minimum absolute atomic E-state index is 0.284. The van der Waals surface area contributed by atoms with Gasteiger partial charge in [-0.25, -0.2) is 0 Å². The average Bonchev–Trinajstić information content (AvgIpc) is 2.35. The lowest BCUT2D eigenvalue weighted by Gasteiger charge is -2.13. The molecule has 18 heavy (non-hydrogen) atoms. The van der Waals surface area contributed by atoms with Crippen LogP contribution < -0.4 is 10.1 Å². The molecule has 0 amide bonds. The molecule has 0 spiro atoms. The van der Waals surface area contributed by atoms with E-state index in [1.807, 2.05) is 0 Å². The number of rotatable bonds is 8. The lowest BCUT2D eigenvalue weighted by Crippen LogP contribution is -2.19. The number of aliphatic hydroxyl groups excluding tert-OH is 1. The summed E-state index contributed by atoms with van der Waals surface area (Å²) in [4.78, 5) is 0. The van der Waals surface area contributed by atoms with E-state index < -0.39 is 0 Å². The minimum Gasteiger partial charge on any atom is -0.496 e. The van der Waals surface area contributed by atoms with E-state index in [0.717, 1.165) is 38.1 Å². The average molecular weight is 251 g/mol. The van der Waals surface area contributed by atoms with Gasteiger partial charge in [0.05, 0.1) is 7.11 Å². The molecule has 0 aromatic heterocycles. The van der Waals surface area contributed by atoms with Gasteiger partial charge in [-0.3, -0.25) is 0 Å². The molecule has 0 fully saturated rings. The monoisotopic (exact) mass is 251 g/mol. The van der Waals surface area contributed by atoms with E-state index in [1.54, 1.807) is 7.11 Å². The Balaban J connectivity index is 2.46. The molecule has 0 unspecified atom stereocenters. The maximum atomic E-state index is 8.69. The van der Waals surface area contributed by atoms with Crippen molar-refractivity contribution in [3.05, 3.63) is 28.8 Å². The summed E-state index contributed by atoms with van der Waals surface area (Å²) in [6.07, 6.45) is 2.88. The van der Waals surface area contributed by atoms with Crippen molar-refractivity contribution in [3.63, 3.8) is 0 Å². The Hall–Kier alpha value is -1.06. The molecular weight excluding hydrogens is 226 g/mol. The molecule has 0 radical (unpaired) electrons. The van der Waals surface area contributed by atoms with Crippen LogP contribution in [0.4, 0.5) is 0 Å². The molecule has 0 atom stereocenters. The van der Waals surface area contributed by atoms with Gasteiger partial charge in [0.15, 0.2) is 0 Å². The summed E-state index contributed by atoms with van der Waals surface area (Å²) in [5.74, 6) is 0.990. The lowest BCUT2D eigenvalue weighted by molar-refractivity contribution is 0.284. The maximum Gasteiger partial charge on any atom is 0.122 e. The number of benzene rings is 1. The van der Waals surface area contributed by atoms with Crippen LogP contribution in [0.2, 0.25) is 0 Å². The van der Waals surface area contributed by atoms with Crippen molar-refractivity contribution in [2.45, 2.75) is 33.1 Å². The minimum atomic E-state index is 0.284. The van der Waals surface area contributed by atoms with Gasteiger partial charge in [-0.15, -0.1) is 0 Å². The molecule has 2 N–H and O–H groups in total. The van der Waals surface area contributed by atoms with Gasteiger partial charge in [0.2, 0.25) is 0 Å². The Morgan fingerprint density at radius 2 is 1.94 bits per heavy atom. The molecule has 1 aromatic rings. The number of aryl methyl sites for hydroxylation is 2. The van der Waals surface area contributed by atoms with Crippen molar-refractivity contribution in [2.24, 2.45) is 0 Å². The van der Waals surface area contributed by atoms with Crippen LogP contribution >= 0.6 is 0 Å². The third kappa shape index (κ3) is 4.67. The number of methoxy groups -OCH3 is 1. The maximum absolute atomic E-state index is 8.69. The third-order valence-corrected chi connectivity index (χ3v) is 3.11. The predicted octanol–water partition coefficient (Wildman–Crippen LogP) is 2.22. The van der Waals surface area contributed by atoms with Crippen LogP contribution in [0.3, 0.4) is 0 Å². The van der Waals surface area contributed by atoms with Crippen molar-refractivity contribution in [3.8, 4) is 5.75 Å². The summed E-state index contributed by atoms with van der Waals surface area (Å²) in [5.41, 5.74) is 3.82. The third-order valence-electron chi connectivity index (χ3n) is 3.11. The van der Waals surface area contributed by atoms with Crippen molar-refractivity contribution in [1.82, 2.24) is 5.32 Å². The molecule has 0 aliphatic carbocycles. The Labute approximate surface area is 110 Å². The van der Waals surface area contributed by atoms with Crippen LogP contribution in [0, 0.1) is 13.8 Å². The van der Waals surface area contributed by atoms with Crippen molar-refractivity contribution >= 4 is 0 Å². The van der Waals surface area contributed by atoms with Gasteiger partial charge in [0.25, 0.3) is 0 Å². The first-order valence-corrected chi connectivity index (χ1v) is 6.64. The van der Waals surface area contributed by atoms with E-state index in [0.29, 0.717) is 0 Å². The number of nitrogens with one attached hydrogen (secondary N) is 1. The first-order chi connectivity index (χ1) is 8.69. The first kappa shape index (κ1) is 15.0. The molecule has 0 aliphatic rings. The second-order valence-corrected chi connectivity index (χ2v) is 4.69. The molecule has 0 saturated heterocycles. The van der Waals surface area contributed by atoms with Crippen molar-refractivity contribution in [2.75, 3.05) is 26.8 Å². The van der Waals surface area contributed by atoms with E-state index in [9.17, 15) is 0 Å². The van der Waals surface area contributed by atoms with Gasteiger partial charge in [-0.2, -0.15) is 0 Å². The zero-order chi connectivity index (χ0) is 13.4. The molecule has 1 aromatic carbocycles. The molecular formula is C15H25NO2. The quantitative estimate of drug-likeness (QED) is 0.696. The Bertz CT molecular complexity index is 364. The lowest BCUT2D eigenvalue weighted by atomic mass is 10.0. The molecule has 3 nitrogen and oxygen atoms in total. The smallest absolute Gasteiger partial charge is 0.122 e. The van der Waals surface area contributed by atoms with Gasteiger partial charge in [0, 0.05) is 6.61 Å². The molecule has 0 bridgehead atoms. The number of hydrogen-bond donors (Lipinski definition) is 2. The van der Waals surface area contributed by atoms with Crippen LogP contribution in [0.1, 0.15) is 29.5 Å². The van der Waals surface area contributed by atoms with E-state index in [1.165, 1.54) is 16.7 Å². The standard InChI is InChI=1S/C15H25NO2/c1-12-10-13(2)14(15(11-12)18-3)6-8-16-7-4-5-9-17/h10-11,16-17H,4-9H2,1-3H3. The van der Waals surface area contributed by atoms with Gasteiger partial charge in [-0.05, 0) is 69.0 Å². The van der Waals surface area contributed by atoms with Crippen LogP contribution in [-0.2, 0) is 6.42 Å². The fourth-order valence-corrected chi connectivity index (χ4v) is 2.16. The number of ether oxygens (including phenoxy) is 1. The van der Waals surface area contributed by atoms with E-state index in [-0.39, 0.29) is 6.61 Å². The summed E-state index contributed by atoms with van der Waals surface area (Å²) in [5, 5.41) is 12.1. The van der Waals surface area contributed by atoms with E-state index in [2.05, 4.69) is 31.3 Å². The Kier molecular flexibility index (Phi) is 6.76. The second kappa shape index (κ2) is 8.11. The normalized spacial score (nSPS) is 10.7. The molecule has 0 saturated carbocycles. The Morgan fingerprint density at radius 1 is 1.17 bits per heavy atom. The van der Waals surface area contributed by atoms with E-state index in [4.69, 9.17) is 9.84 Å². The fourth-order valence-electron chi connectivity index (χ4n) is 2.16. The Morgan fingerprint density at radius 3 is 2.61 bits per heavy atom. The summed E-state index contributed by atoms with van der Waals surface area (Å²) in [6.45, 7) is 6.43. The predicted molar refractivity (Wildman–Crippen MR) is 75.4 cm³/mol. The number of aliphatic hydroxyl groups is 1. The number of hydrogen-bond acceptors (Lipinski definition) is 3. The zero-order valence-electron chi connectivity index (χ0n) is 11.8. The van der Waals surface area contributed by atoms with Crippen LogP contribution in [-0.4, -0.2) is 31.9 Å². The van der Waals surface area contributed by atoms with Gasteiger partial charge in [-0.1, -0.05) is 6.07 Å². The summed E-state index contributed by atoms with van der Waals surface area (Å²) in [7, 11) is 1.73. The van der Waals surface area contributed by atoms with Crippen LogP contribution in [0.25, 0.3) is 0 Å². The fraction of sp³-hybridized carbons (Fsp3) is 0.600. The molecule has 0 heterocycles. The summed E-state index contributed by atoms with van der Waals surface area (Å²) in [6, 6.07) is 4.29. The van der Waals surface area contributed by atoms with Crippen LogP contribution in [0.15, 0.2) is 12.1 Å². The second-order valence-electron chi connectivity index (χ2n) is 4.69. The van der Waals surface area contributed by atoms with Crippen molar-refractivity contribution in [1.29, 1.82) is 0 Å². The van der Waals surface area contributed by atoms with Gasteiger partial charge in [0.1, 0.15) is 5.75 Å². The highest BCUT2D eigenvalue weighted by Crippen LogP contribution is 2.24. The first-order valence-electron chi connectivity index (χ1n) is 6.64. The molecule has 0 aliphatic heterocycles. The molecule has 3 heteroatoms. The van der Waals surface area contributed by atoms with Crippen LogP contribution in [0.5, 0.6) is 5.75 Å². The molecule has 102 valence electrons. The highest BCUT2D eigenvalue weighted by molar-refractivity contribution is 5.43. The van der Waals surface area contributed by atoms with Gasteiger partial charge >= 0.3 is 0 Å². The SMILES string of the molecule is COc1cc(C)cc(C)c1CCNCCCCO. The highest BCUT2D eigenvalue weighted by atomic mass is 16.5. The largest absolute Gasteiger partial charge is 0.496 e. The summed E-state index contributed by atoms with van der Waals surface area (Å²) >= 11 is 0. The van der Waals surface area contributed by atoms with E-state index >= 15 is 0 Å². The van der Waals surface area contributed by atoms with Crippen molar-refractivity contribution < 1.29 is 9.84 Å². The number of unbranched alkanes of at least 4 members (excludes halogenated alkanes) is 1. The topological polar surface area (TPSA) is 41.5 Å². The zero-order valence-corrected chi connectivity index (χ0v) is 11.8. The summed E-state index contributed by atoms with van der Waals surface area (Å²) < 4.78 is 5.44. The van der Waals surface area contributed by atoms with Gasteiger partial charge < -0.3 is 15.2 Å². The molecule has 1 rings (SSSR count).